The average Bonchev–Trinajstić information content (AvgIpc) is 2.75. The first-order valence-corrected chi connectivity index (χ1v) is 6.80. The van der Waals surface area contributed by atoms with Gasteiger partial charge in [0.2, 0.25) is 5.91 Å². The second kappa shape index (κ2) is 6.10. The van der Waals surface area contributed by atoms with E-state index in [2.05, 4.69) is 27.8 Å². The van der Waals surface area contributed by atoms with Crippen molar-refractivity contribution in [3.63, 3.8) is 0 Å². The zero-order valence-electron chi connectivity index (χ0n) is 11.4. The van der Waals surface area contributed by atoms with Crippen LogP contribution in [0.2, 0.25) is 0 Å². The summed E-state index contributed by atoms with van der Waals surface area (Å²) >= 11 is 0. The molecule has 2 rings (SSSR count). The predicted molar refractivity (Wildman–Crippen MR) is 68.1 cm³/mol. The van der Waals surface area contributed by atoms with Gasteiger partial charge in [0.25, 0.3) is 0 Å². The molecule has 0 aromatic carbocycles. The molecule has 7 nitrogen and oxygen atoms in total. The van der Waals surface area contributed by atoms with Gasteiger partial charge < -0.3 is 10.4 Å². The molecule has 1 atom stereocenters. The lowest BCUT2D eigenvalue weighted by atomic mass is 9.76. The van der Waals surface area contributed by atoms with Crippen LogP contribution in [0.1, 0.15) is 38.4 Å². The molecule has 1 saturated carbocycles. The number of carbonyl (C=O) groups excluding carboxylic acids is 1. The maximum Gasteiger partial charge on any atom is 0.222 e. The second-order valence-electron chi connectivity index (χ2n) is 5.17. The van der Waals surface area contributed by atoms with Crippen molar-refractivity contribution in [3.8, 4) is 0 Å². The van der Waals surface area contributed by atoms with Gasteiger partial charge in [-0.3, -0.25) is 4.79 Å². The number of tetrazole rings is 1. The van der Waals surface area contributed by atoms with Crippen LogP contribution in [0, 0.1) is 12.8 Å². The van der Waals surface area contributed by atoms with Crippen LogP contribution in [0.15, 0.2) is 0 Å². The fourth-order valence-electron chi connectivity index (χ4n) is 2.45. The summed E-state index contributed by atoms with van der Waals surface area (Å²) < 4.78 is 1.62. The molecule has 0 radical (unpaired) electrons. The highest BCUT2D eigenvalue weighted by atomic mass is 16.3. The van der Waals surface area contributed by atoms with Crippen molar-refractivity contribution in [2.45, 2.75) is 58.2 Å². The molecular formula is C12H21N5O2. The number of hydrogen-bond donors (Lipinski definition) is 2. The van der Waals surface area contributed by atoms with Crippen molar-refractivity contribution in [1.82, 2.24) is 25.5 Å². The molecule has 1 aromatic rings. The van der Waals surface area contributed by atoms with Crippen molar-refractivity contribution in [3.05, 3.63) is 5.82 Å². The number of aliphatic hydroxyl groups is 1. The van der Waals surface area contributed by atoms with Gasteiger partial charge in [0.05, 0.1) is 12.6 Å². The van der Waals surface area contributed by atoms with Crippen molar-refractivity contribution in [2.24, 2.45) is 5.92 Å². The summed E-state index contributed by atoms with van der Waals surface area (Å²) in [5.74, 6) is 1.14. The Morgan fingerprint density at radius 3 is 2.84 bits per heavy atom. The van der Waals surface area contributed by atoms with Gasteiger partial charge in [0.1, 0.15) is 5.82 Å². The summed E-state index contributed by atoms with van der Waals surface area (Å²) in [6, 6.07) is 0.172. The number of amides is 1. The van der Waals surface area contributed by atoms with E-state index < -0.39 is 0 Å². The fraction of sp³-hybridized carbons (Fsp3) is 0.833. The summed E-state index contributed by atoms with van der Waals surface area (Å²) in [6.45, 7) is 4.36. The minimum absolute atomic E-state index is 0.0168. The summed E-state index contributed by atoms with van der Waals surface area (Å²) in [7, 11) is 0. The number of nitrogens with one attached hydrogen (secondary N) is 1. The highest BCUT2D eigenvalue weighted by molar-refractivity contribution is 5.76. The summed E-state index contributed by atoms with van der Waals surface area (Å²) in [5, 5.41) is 23.5. The number of aromatic nitrogens is 4. The Kier molecular flexibility index (Phi) is 4.47. The molecule has 1 heterocycles. The van der Waals surface area contributed by atoms with Crippen LogP contribution in [0.4, 0.5) is 0 Å². The molecular weight excluding hydrogens is 246 g/mol. The van der Waals surface area contributed by atoms with E-state index in [4.69, 9.17) is 0 Å². The average molecular weight is 267 g/mol. The molecule has 0 saturated heterocycles. The van der Waals surface area contributed by atoms with E-state index in [1.54, 1.807) is 4.68 Å². The lowest BCUT2D eigenvalue weighted by molar-refractivity contribution is -0.123. The van der Waals surface area contributed by atoms with Crippen LogP contribution in [0.3, 0.4) is 0 Å². The lowest BCUT2D eigenvalue weighted by Gasteiger charge is -2.37. The number of hydrogen-bond acceptors (Lipinski definition) is 5. The van der Waals surface area contributed by atoms with Crippen molar-refractivity contribution in [1.29, 1.82) is 0 Å². The van der Waals surface area contributed by atoms with E-state index in [9.17, 15) is 9.90 Å². The molecule has 0 spiro atoms. The SMILES string of the molecule is CC[C@H](NC(=O)CCn1nnnc1C)C1CC(O)C1. The Hall–Kier alpha value is -1.50. The van der Waals surface area contributed by atoms with Crippen LogP contribution >= 0.6 is 0 Å². The van der Waals surface area contributed by atoms with Crippen molar-refractivity contribution in [2.75, 3.05) is 0 Å². The summed E-state index contributed by atoms with van der Waals surface area (Å²) in [4.78, 5) is 11.9. The fourth-order valence-corrected chi connectivity index (χ4v) is 2.45. The van der Waals surface area contributed by atoms with E-state index in [1.807, 2.05) is 6.92 Å². The smallest absolute Gasteiger partial charge is 0.222 e. The molecule has 1 amide bonds. The first-order chi connectivity index (χ1) is 9.10. The first kappa shape index (κ1) is 13.9. The number of rotatable bonds is 6. The summed E-state index contributed by atoms with van der Waals surface area (Å²) in [6.07, 6.45) is 2.68. The third kappa shape index (κ3) is 3.50. The van der Waals surface area contributed by atoms with Gasteiger partial charge >= 0.3 is 0 Å². The van der Waals surface area contributed by atoms with Gasteiger partial charge in [0.15, 0.2) is 0 Å². The van der Waals surface area contributed by atoms with E-state index in [-0.39, 0.29) is 18.1 Å². The van der Waals surface area contributed by atoms with E-state index in [0.29, 0.717) is 24.7 Å². The zero-order chi connectivity index (χ0) is 13.8. The van der Waals surface area contributed by atoms with E-state index in [0.717, 1.165) is 19.3 Å². The van der Waals surface area contributed by atoms with Crippen LogP contribution < -0.4 is 5.32 Å². The van der Waals surface area contributed by atoms with Crippen LogP contribution in [-0.4, -0.2) is 43.4 Å². The Morgan fingerprint density at radius 1 is 1.58 bits per heavy atom. The highest BCUT2D eigenvalue weighted by Crippen LogP contribution is 2.31. The first-order valence-electron chi connectivity index (χ1n) is 6.80. The number of nitrogens with zero attached hydrogens (tertiary/aromatic N) is 4. The van der Waals surface area contributed by atoms with Gasteiger partial charge in [0, 0.05) is 12.5 Å². The topological polar surface area (TPSA) is 92.9 Å². The Bertz CT molecular complexity index is 428. The predicted octanol–water partition coefficient (Wildman–Crippen LogP) is 0.0373. The maximum absolute atomic E-state index is 11.9. The van der Waals surface area contributed by atoms with Gasteiger partial charge in [-0.2, -0.15) is 0 Å². The Morgan fingerprint density at radius 2 is 2.32 bits per heavy atom. The van der Waals surface area contributed by atoms with E-state index in [1.165, 1.54) is 0 Å². The Balaban J connectivity index is 1.75. The summed E-state index contributed by atoms with van der Waals surface area (Å²) in [5.41, 5.74) is 0. The molecule has 0 aliphatic heterocycles. The van der Waals surface area contributed by atoms with Gasteiger partial charge in [-0.25, -0.2) is 4.68 Å². The molecule has 1 aromatic heterocycles. The normalized spacial score (nSPS) is 23.7. The molecule has 19 heavy (non-hydrogen) atoms. The maximum atomic E-state index is 11.9. The van der Waals surface area contributed by atoms with Crippen molar-refractivity contribution < 1.29 is 9.90 Å². The van der Waals surface area contributed by atoms with Crippen LogP contribution in [-0.2, 0) is 11.3 Å². The largest absolute Gasteiger partial charge is 0.393 e. The highest BCUT2D eigenvalue weighted by Gasteiger charge is 2.33. The molecule has 7 heteroatoms. The number of aliphatic hydroxyl groups excluding tert-OH is 1. The standard InChI is InChI=1S/C12H21N5O2/c1-3-11(9-6-10(18)7-9)13-12(19)4-5-17-8(2)14-15-16-17/h9-11,18H,3-7H2,1-2H3,(H,13,19)/t9?,10?,11-/m0/s1. The molecule has 0 unspecified atom stereocenters. The Labute approximate surface area is 112 Å². The molecule has 1 aliphatic rings. The molecule has 2 N–H and O–H groups in total. The zero-order valence-corrected chi connectivity index (χ0v) is 11.4. The quantitative estimate of drug-likeness (QED) is 0.759. The van der Waals surface area contributed by atoms with Gasteiger partial charge in [-0.15, -0.1) is 5.10 Å². The van der Waals surface area contributed by atoms with Crippen molar-refractivity contribution >= 4 is 5.91 Å². The van der Waals surface area contributed by atoms with Crippen LogP contribution in [0.5, 0.6) is 0 Å². The molecule has 1 fully saturated rings. The second-order valence-corrected chi connectivity index (χ2v) is 5.17. The monoisotopic (exact) mass is 267 g/mol. The molecule has 106 valence electrons. The number of carbonyl (C=O) groups is 1. The van der Waals surface area contributed by atoms with Gasteiger partial charge in [-0.1, -0.05) is 6.92 Å². The number of aryl methyl sites for hydroxylation is 2. The third-order valence-corrected chi connectivity index (χ3v) is 3.77. The third-order valence-electron chi connectivity index (χ3n) is 3.77. The van der Waals surface area contributed by atoms with Gasteiger partial charge in [-0.05, 0) is 42.5 Å². The molecule has 1 aliphatic carbocycles. The minimum atomic E-state index is -0.181. The van der Waals surface area contributed by atoms with E-state index >= 15 is 0 Å². The lowest BCUT2D eigenvalue weighted by Crippen LogP contribution is -2.46. The minimum Gasteiger partial charge on any atom is -0.393 e. The molecule has 0 bridgehead atoms. The van der Waals surface area contributed by atoms with Crippen LogP contribution in [0.25, 0.3) is 0 Å².